The number of ether oxygens (including phenoxy) is 7. The Morgan fingerprint density at radius 3 is 1.14 bits per heavy atom. The van der Waals surface area contributed by atoms with Crippen molar-refractivity contribution < 1.29 is 33.2 Å². The van der Waals surface area contributed by atoms with E-state index >= 15 is 0 Å². The van der Waals surface area contributed by atoms with Gasteiger partial charge in [0.2, 0.25) is 0 Å². The second-order valence-corrected chi connectivity index (χ2v) is 6.65. The maximum absolute atomic E-state index is 5.50. The molecular formula is C21H44O7. The molecule has 0 aliphatic heterocycles. The van der Waals surface area contributed by atoms with Gasteiger partial charge in [0.05, 0.1) is 85.4 Å². The van der Waals surface area contributed by atoms with Crippen LogP contribution in [-0.4, -0.2) is 92.0 Å². The first-order valence-corrected chi connectivity index (χ1v) is 10.9. The van der Waals surface area contributed by atoms with Gasteiger partial charge in [-0.3, -0.25) is 0 Å². The monoisotopic (exact) mass is 408 g/mol. The molecule has 0 bridgehead atoms. The van der Waals surface area contributed by atoms with Crippen LogP contribution >= 0.6 is 0 Å². The highest BCUT2D eigenvalue weighted by Crippen LogP contribution is 1.98. The van der Waals surface area contributed by atoms with Gasteiger partial charge in [-0.25, -0.2) is 0 Å². The zero-order chi connectivity index (χ0) is 20.5. The molecule has 0 rings (SSSR count). The Hall–Kier alpha value is -0.280. The van der Waals surface area contributed by atoms with Gasteiger partial charge in [-0.1, -0.05) is 26.2 Å². The zero-order valence-electron chi connectivity index (χ0n) is 18.5. The maximum atomic E-state index is 5.50. The predicted molar refractivity (Wildman–Crippen MR) is 110 cm³/mol. The Bertz CT molecular complexity index is 277. The molecule has 0 heterocycles. The lowest BCUT2D eigenvalue weighted by molar-refractivity contribution is -0.0238. The molecule has 28 heavy (non-hydrogen) atoms. The molecule has 0 aliphatic carbocycles. The van der Waals surface area contributed by atoms with E-state index < -0.39 is 0 Å². The minimum absolute atomic E-state index is 0.248. The van der Waals surface area contributed by atoms with Gasteiger partial charge >= 0.3 is 0 Å². The summed E-state index contributed by atoms with van der Waals surface area (Å²) in [5.41, 5.74) is 0. The number of hydrogen-bond acceptors (Lipinski definition) is 7. The van der Waals surface area contributed by atoms with Crippen LogP contribution in [0.1, 0.15) is 46.5 Å². The van der Waals surface area contributed by atoms with E-state index in [0.717, 1.165) is 13.0 Å². The molecular weight excluding hydrogens is 364 g/mol. The molecule has 0 saturated carbocycles. The van der Waals surface area contributed by atoms with E-state index in [9.17, 15) is 0 Å². The van der Waals surface area contributed by atoms with Crippen molar-refractivity contribution in [3.63, 3.8) is 0 Å². The highest BCUT2D eigenvalue weighted by Gasteiger charge is 1.95. The molecule has 0 spiro atoms. The summed E-state index contributed by atoms with van der Waals surface area (Å²) in [5.74, 6) is 0. The molecule has 0 saturated heterocycles. The fourth-order valence-electron chi connectivity index (χ4n) is 2.18. The summed E-state index contributed by atoms with van der Waals surface area (Å²) >= 11 is 0. The van der Waals surface area contributed by atoms with Crippen molar-refractivity contribution in [2.75, 3.05) is 85.9 Å². The molecule has 0 aliphatic rings. The van der Waals surface area contributed by atoms with E-state index in [4.69, 9.17) is 33.2 Å². The van der Waals surface area contributed by atoms with Crippen LogP contribution in [0.15, 0.2) is 0 Å². The molecule has 170 valence electrons. The lowest BCUT2D eigenvalue weighted by Crippen LogP contribution is -2.15. The van der Waals surface area contributed by atoms with Crippen molar-refractivity contribution in [1.82, 2.24) is 0 Å². The smallest absolute Gasteiger partial charge is 0.0703 e. The molecule has 0 aromatic rings. The van der Waals surface area contributed by atoms with Gasteiger partial charge in [0.15, 0.2) is 0 Å². The van der Waals surface area contributed by atoms with Crippen molar-refractivity contribution in [3.05, 3.63) is 0 Å². The number of rotatable bonds is 24. The minimum Gasteiger partial charge on any atom is -0.379 e. The van der Waals surface area contributed by atoms with Gasteiger partial charge in [-0.05, 0) is 20.3 Å². The second kappa shape index (κ2) is 24.8. The Morgan fingerprint density at radius 1 is 0.429 bits per heavy atom. The molecule has 0 N–H and O–H groups in total. The van der Waals surface area contributed by atoms with Crippen LogP contribution in [0.25, 0.3) is 0 Å². The Kier molecular flexibility index (Phi) is 24.5. The van der Waals surface area contributed by atoms with Crippen LogP contribution in [-0.2, 0) is 33.2 Å². The summed E-state index contributed by atoms with van der Waals surface area (Å²) in [4.78, 5) is 0. The van der Waals surface area contributed by atoms with Crippen molar-refractivity contribution >= 4 is 0 Å². The molecule has 7 heteroatoms. The van der Waals surface area contributed by atoms with Crippen LogP contribution in [0.5, 0.6) is 0 Å². The van der Waals surface area contributed by atoms with Crippen LogP contribution < -0.4 is 0 Å². The summed E-state index contributed by atoms with van der Waals surface area (Å²) in [6.07, 6.45) is 5.19. The molecule has 0 aromatic carbocycles. The van der Waals surface area contributed by atoms with Gasteiger partial charge in [-0.15, -0.1) is 0 Å². The van der Waals surface area contributed by atoms with Crippen molar-refractivity contribution in [1.29, 1.82) is 0 Å². The van der Waals surface area contributed by atoms with Gasteiger partial charge in [0.25, 0.3) is 0 Å². The highest BCUT2D eigenvalue weighted by molar-refractivity contribution is 4.40. The molecule has 0 radical (unpaired) electrons. The van der Waals surface area contributed by atoms with Gasteiger partial charge in [-0.2, -0.15) is 0 Å². The normalized spacial score (nSPS) is 11.6. The van der Waals surface area contributed by atoms with Crippen molar-refractivity contribution in [2.45, 2.75) is 52.6 Å². The molecule has 0 atom stereocenters. The SMILES string of the molecule is CCCCCCOCCOCCOCCOCCOCCOCCOC(C)C. The molecule has 7 nitrogen and oxygen atoms in total. The fraction of sp³-hybridized carbons (Fsp3) is 1.00. The summed E-state index contributed by atoms with van der Waals surface area (Å²) in [5, 5.41) is 0. The van der Waals surface area contributed by atoms with Gasteiger partial charge < -0.3 is 33.2 Å². The van der Waals surface area contributed by atoms with E-state index in [-0.39, 0.29) is 6.10 Å². The number of hydrogen-bond donors (Lipinski definition) is 0. The zero-order valence-corrected chi connectivity index (χ0v) is 18.5. The standard InChI is InChI=1S/C21H44O7/c1-4-5-6-7-8-22-9-10-23-11-12-24-13-14-25-15-16-26-17-18-27-19-20-28-21(2)3/h21H,4-20H2,1-3H3. The lowest BCUT2D eigenvalue weighted by Gasteiger charge is -2.09. The topological polar surface area (TPSA) is 64.6 Å². The first kappa shape index (κ1) is 27.7. The van der Waals surface area contributed by atoms with E-state index in [0.29, 0.717) is 79.3 Å². The number of unbranched alkanes of at least 4 members (excludes halogenated alkanes) is 3. The van der Waals surface area contributed by atoms with E-state index in [2.05, 4.69) is 6.92 Å². The molecule has 0 aromatic heterocycles. The average Bonchev–Trinajstić information content (AvgIpc) is 2.68. The third-order valence-electron chi connectivity index (χ3n) is 3.68. The maximum Gasteiger partial charge on any atom is 0.0703 e. The first-order chi connectivity index (χ1) is 13.8. The van der Waals surface area contributed by atoms with Crippen LogP contribution in [0, 0.1) is 0 Å². The minimum atomic E-state index is 0.248. The average molecular weight is 409 g/mol. The Morgan fingerprint density at radius 2 is 0.786 bits per heavy atom. The summed E-state index contributed by atoms with van der Waals surface area (Å²) in [7, 11) is 0. The third kappa shape index (κ3) is 25.7. The van der Waals surface area contributed by atoms with Crippen LogP contribution in [0.4, 0.5) is 0 Å². The van der Waals surface area contributed by atoms with Gasteiger partial charge in [0.1, 0.15) is 0 Å². The second-order valence-electron chi connectivity index (χ2n) is 6.65. The first-order valence-electron chi connectivity index (χ1n) is 10.9. The Balaban J connectivity index is 2.98. The lowest BCUT2D eigenvalue weighted by atomic mass is 10.2. The van der Waals surface area contributed by atoms with E-state index in [1.807, 2.05) is 13.8 Å². The van der Waals surface area contributed by atoms with Crippen LogP contribution in [0.2, 0.25) is 0 Å². The highest BCUT2D eigenvalue weighted by atomic mass is 16.6. The molecule has 0 fully saturated rings. The van der Waals surface area contributed by atoms with Crippen molar-refractivity contribution in [3.8, 4) is 0 Å². The third-order valence-corrected chi connectivity index (χ3v) is 3.68. The molecule has 0 amide bonds. The van der Waals surface area contributed by atoms with E-state index in [1.165, 1.54) is 19.3 Å². The fourth-order valence-corrected chi connectivity index (χ4v) is 2.18. The largest absolute Gasteiger partial charge is 0.379 e. The predicted octanol–water partition coefficient (Wildman–Crippen LogP) is 3.09. The van der Waals surface area contributed by atoms with Crippen LogP contribution in [0.3, 0.4) is 0 Å². The summed E-state index contributed by atoms with van der Waals surface area (Å²) in [6.45, 7) is 14.1. The molecule has 0 unspecified atom stereocenters. The van der Waals surface area contributed by atoms with E-state index in [1.54, 1.807) is 0 Å². The van der Waals surface area contributed by atoms with Gasteiger partial charge in [0, 0.05) is 6.61 Å². The Labute approximate surface area is 172 Å². The van der Waals surface area contributed by atoms with Crippen molar-refractivity contribution in [2.24, 2.45) is 0 Å². The summed E-state index contributed by atoms with van der Waals surface area (Å²) in [6, 6.07) is 0. The summed E-state index contributed by atoms with van der Waals surface area (Å²) < 4.78 is 38.0. The quantitative estimate of drug-likeness (QED) is 0.227.